The highest BCUT2D eigenvalue weighted by atomic mass is 32.2. The zero-order valence-electron chi connectivity index (χ0n) is 21.8. The van der Waals surface area contributed by atoms with Crippen LogP contribution in [-0.2, 0) is 4.79 Å². The summed E-state index contributed by atoms with van der Waals surface area (Å²) in [5, 5.41) is 11.5. The van der Waals surface area contributed by atoms with Crippen molar-refractivity contribution in [3.05, 3.63) is 112 Å². The van der Waals surface area contributed by atoms with Gasteiger partial charge in [-0.15, -0.1) is 5.10 Å². The number of nitrogens with one attached hydrogen (secondary N) is 2. The van der Waals surface area contributed by atoms with E-state index in [0.717, 1.165) is 27.9 Å². The highest BCUT2D eigenvalue weighted by Gasteiger charge is 2.34. The lowest BCUT2D eigenvalue weighted by molar-refractivity contribution is -0.113. The summed E-state index contributed by atoms with van der Waals surface area (Å²) in [7, 11) is 0. The third-order valence-electron chi connectivity index (χ3n) is 6.53. The molecule has 2 N–H and O–H groups in total. The minimum absolute atomic E-state index is 0.0122. The number of thioether (sulfide) groups is 1. The van der Waals surface area contributed by atoms with Crippen molar-refractivity contribution < 1.29 is 9.59 Å². The molecule has 0 saturated heterocycles. The average Bonchev–Trinajstić information content (AvgIpc) is 3.31. The van der Waals surface area contributed by atoms with E-state index in [4.69, 9.17) is 5.10 Å². The smallest absolute Gasteiger partial charge is 0.255 e. The number of Topliss-reactive ketones (excluding diaryl/α,β-unsaturated/α-hetero) is 1. The topological polar surface area (TPSA) is 88.9 Å². The summed E-state index contributed by atoms with van der Waals surface area (Å²) in [5.41, 5.74) is 6.84. The molecule has 0 radical (unpaired) electrons. The van der Waals surface area contributed by atoms with Gasteiger partial charge in [0.2, 0.25) is 11.1 Å². The summed E-state index contributed by atoms with van der Waals surface area (Å²) in [6.45, 7) is 7.87. The number of anilines is 2. The molecule has 192 valence electrons. The van der Waals surface area contributed by atoms with Crippen LogP contribution in [0.3, 0.4) is 0 Å². The molecular formula is C30H29N5O2S. The molecule has 2 heterocycles. The number of hydrogen-bond acceptors (Lipinski definition) is 6. The standard InChI is InChI=1S/C30H29N5O2S/c1-18-10-13-22(14-11-18)25(36)17-38-30-33-29-31-21(4)26(27(35(29)34-30)23-8-6-5-7-9-23)28(37)32-24-15-12-19(2)16-20(24)3/h5-16,27H,17H2,1-4H3,(H,32,37)(H,31,33,34)/t27-/m1/s1. The molecule has 0 unspecified atom stereocenters. The first-order valence-corrected chi connectivity index (χ1v) is 13.4. The molecule has 38 heavy (non-hydrogen) atoms. The number of allylic oxidation sites excluding steroid dienone is 1. The fourth-order valence-electron chi connectivity index (χ4n) is 4.53. The number of amides is 1. The number of benzene rings is 3. The van der Waals surface area contributed by atoms with E-state index in [1.807, 2.05) is 100 Å². The Hall–Kier alpha value is -4.17. The maximum Gasteiger partial charge on any atom is 0.255 e. The Balaban J connectivity index is 1.43. The largest absolute Gasteiger partial charge is 0.328 e. The van der Waals surface area contributed by atoms with Crippen LogP contribution < -0.4 is 10.6 Å². The van der Waals surface area contributed by atoms with E-state index in [-0.39, 0.29) is 17.4 Å². The maximum absolute atomic E-state index is 13.7. The Bertz CT molecular complexity index is 1540. The van der Waals surface area contributed by atoms with Crippen molar-refractivity contribution in [3.63, 3.8) is 0 Å². The van der Waals surface area contributed by atoms with E-state index in [1.165, 1.54) is 11.8 Å². The van der Waals surface area contributed by atoms with Crippen LogP contribution in [0.15, 0.2) is 89.2 Å². The Morgan fingerprint density at radius 1 is 0.947 bits per heavy atom. The molecule has 1 aromatic heterocycles. The number of carbonyl (C=O) groups is 2. The lowest BCUT2D eigenvalue weighted by atomic mass is 9.95. The molecule has 0 bridgehead atoms. The van der Waals surface area contributed by atoms with Gasteiger partial charge in [0.15, 0.2) is 5.78 Å². The normalized spacial score (nSPS) is 14.6. The zero-order valence-corrected chi connectivity index (χ0v) is 22.6. The van der Waals surface area contributed by atoms with Crippen LogP contribution in [0.2, 0.25) is 0 Å². The second-order valence-corrected chi connectivity index (χ2v) is 10.4. The quantitative estimate of drug-likeness (QED) is 0.225. The van der Waals surface area contributed by atoms with Crippen LogP contribution in [0.25, 0.3) is 0 Å². The first-order chi connectivity index (χ1) is 18.3. The van der Waals surface area contributed by atoms with Gasteiger partial charge < -0.3 is 10.6 Å². The Labute approximate surface area is 226 Å². The van der Waals surface area contributed by atoms with E-state index in [0.29, 0.717) is 27.9 Å². The molecule has 1 aliphatic rings. The second-order valence-electron chi connectivity index (χ2n) is 9.49. The summed E-state index contributed by atoms with van der Waals surface area (Å²) >= 11 is 1.28. The predicted octanol–water partition coefficient (Wildman–Crippen LogP) is 6.11. The van der Waals surface area contributed by atoms with Gasteiger partial charge in [-0.25, -0.2) is 4.68 Å². The highest BCUT2D eigenvalue weighted by Crippen LogP contribution is 2.37. The van der Waals surface area contributed by atoms with Crippen LogP contribution >= 0.6 is 11.8 Å². The number of rotatable bonds is 7. The van der Waals surface area contributed by atoms with Crippen molar-refractivity contribution in [2.45, 2.75) is 38.9 Å². The van der Waals surface area contributed by atoms with Crippen LogP contribution in [0.4, 0.5) is 11.6 Å². The third-order valence-corrected chi connectivity index (χ3v) is 7.37. The van der Waals surface area contributed by atoms with E-state index in [2.05, 4.69) is 15.6 Å². The van der Waals surface area contributed by atoms with Gasteiger partial charge in [-0.1, -0.05) is 89.6 Å². The fourth-order valence-corrected chi connectivity index (χ4v) is 5.25. The lowest BCUT2D eigenvalue weighted by Crippen LogP contribution is -2.31. The van der Waals surface area contributed by atoms with Crippen LogP contribution in [0.5, 0.6) is 0 Å². The van der Waals surface area contributed by atoms with Crippen LogP contribution in [0.1, 0.15) is 45.6 Å². The van der Waals surface area contributed by atoms with E-state index in [9.17, 15) is 9.59 Å². The molecule has 8 heteroatoms. The predicted molar refractivity (Wildman–Crippen MR) is 152 cm³/mol. The Morgan fingerprint density at radius 3 is 2.37 bits per heavy atom. The lowest BCUT2D eigenvalue weighted by Gasteiger charge is -2.28. The summed E-state index contributed by atoms with van der Waals surface area (Å²) in [4.78, 5) is 31.0. The molecule has 1 atom stereocenters. The highest BCUT2D eigenvalue weighted by molar-refractivity contribution is 7.99. The Kier molecular flexibility index (Phi) is 7.15. The molecule has 1 amide bonds. The first-order valence-electron chi connectivity index (χ1n) is 12.4. The van der Waals surface area contributed by atoms with Crippen molar-refractivity contribution >= 4 is 35.1 Å². The van der Waals surface area contributed by atoms with Gasteiger partial charge in [-0.05, 0) is 44.9 Å². The molecule has 0 aliphatic carbocycles. The van der Waals surface area contributed by atoms with Gasteiger partial charge in [-0.2, -0.15) is 4.98 Å². The molecule has 4 aromatic rings. The van der Waals surface area contributed by atoms with Crippen LogP contribution in [-0.4, -0.2) is 32.2 Å². The van der Waals surface area contributed by atoms with Gasteiger partial charge in [-0.3, -0.25) is 9.59 Å². The molecule has 0 fully saturated rings. The molecule has 3 aromatic carbocycles. The number of aromatic nitrogens is 3. The van der Waals surface area contributed by atoms with Crippen molar-refractivity contribution in [1.29, 1.82) is 0 Å². The number of nitrogens with zero attached hydrogens (tertiary/aromatic N) is 3. The maximum atomic E-state index is 13.7. The molecule has 0 spiro atoms. The number of aryl methyl sites for hydroxylation is 3. The van der Waals surface area contributed by atoms with Crippen molar-refractivity contribution in [2.75, 3.05) is 16.4 Å². The van der Waals surface area contributed by atoms with Crippen molar-refractivity contribution in [1.82, 2.24) is 14.8 Å². The molecular weight excluding hydrogens is 494 g/mol. The van der Waals surface area contributed by atoms with Gasteiger partial charge in [0, 0.05) is 16.9 Å². The summed E-state index contributed by atoms with van der Waals surface area (Å²) < 4.78 is 1.73. The number of ketones is 1. The van der Waals surface area contributed by atoms with E-state index >= 15 is 0 Å². The molecule has 0 saturated carbocycles. The van der Waals surface area contributed by atoms with Gasteiger partial charge >= 0.3 is 0 Å². The Morgan fingerprint density at radius 2 is 1.66 bits per heavy atom. The van der Waals surface area contributed by atoms with E-state index in [1.54, 1.807) is 4.68 Å². The molecule has 7 nitrogen and oxygen atoms in total. The second kappa shape index (κ2) is 10.7. The van der Waals surface area contributed by atoms with Crippen molar-refractivity contribution in [3.8, 4) is 0 Å². The van der Waals surface area contributed by atoms with Gasteiger partial charge in [0.25, 0.3) is 5.91 Å². The summed E-state index contributed by atoms with van der Waals surface area (Å²) in [5.74, 6) is 0.554. The minimum atomic E-state index is -0.479. The van der Waals surface area contributed by atoms with Gasteiger partial charge in [0.05, 0.1) is 11.3 Å². The van der Waals surface area contributed by atoms with Gasteiger partial charge in [0.1, 0.15) is 6.04 Å². The molecule has 5 rings (SSSR count). The number of fused-ring (bicyclic) bond motifs is 1. The molecule has 1 aliphatic heterocycles. The number of hydrogen-bond donors (Lipinski definition) is 2. The fraction of sp³-hybridized carbons (Fsp3) is 0.200. The van der Waals surface area contributed by atoms with Crippen LogP contribution in [0, 0.1) is 20.8 Å². The SMILES string of the molecule is CC1=C(C(=O)Nc2ccc(C)cc2C)[C@@H](c2ccccc2)n2nc(SCC(=O)c3ccc(C)cc3)nc2N1. The zero-order chi connectivity index (χ0) is 26.8. The number of carbonyl (C=O) groups excluding carboxylic acids is 2. The monoisotopic (exact) mass is 523 g/mol. The third kappa shape index (κ3) is 5.26. The summed E-state index contributed by atoms with van der Waals surface area (Å²) in [6, 6.07) is 22.8. The van der Waals surface area contributed by atoms with Crippen molar-refractivity contribution in [2.24, 2.45) is 0 Å². The average molecular weight is 524 g/mol. The summed E-state index contributed by atoms with van der Waals surface area (Å²) in [6.07, 6.45) is 0. The minimum Gasteiger partial charge on any atom is -0.328 e. The first kappa shape index (κ1) is 25.5. The van der Waals surface area contributed by atoms with E-state index < -0.39 is 6.04 Å².